The van der Waals surface area contributed by atoms with Crippen molar-refractivity contribution < 1.29 is 9.47 Å². The minimum atomic E-state index is 0.504. The summed E-state index contributed by atoms with van der Waals surface area (Å²) in [5, 5.41) is 13.1. The van der Waals surface area contributed by atoms with E-state index in [2.05, 4.69) is 15.5 Å². The first-order valence-electron chi connectivity index (χ1n) is 7.21. The van der Waals surface area contributed by atoms with Gasteiger partial charge in [0.25, 0.3) is 0 Å². The van der Waals surface area contributed by atoms with Crippen molar-refractivity contribution >= 4 is 23.4 Å². The molecule has 2 aromatic carbocycles. The molecule has 0 fully saturated rings. The van der Waals surface area contributed by atoms with Crippen LogP contribution >= 0.6 is 23.4 Å². The predicted octanol–water partition coefficient (Wildman–Crippen LogP) is 3.50. The van der Waals surface area contributed by atoms with Crippen molar-refractivity contribution in [3.63, 3.8) is 0 Å². The zero-order chi connectivity index (χ0) is 16.8. The van der Waals surface area contributed by atoms with Crippen LogP contribution in [0.4, 0.5) is 0 Å². The molecule has 24 heavy (non-hydrogen) atoms. The highest BCUT2D eigenvalue weighted by Gasteiger charge is 2.09. The summed E-state index contributed by atoms with van der Waals surface area (Å²) in [5.41, 5.74) is 0.871. The molecule has 0 N–H and O–H groups in total. The van der Waals surface area contributed by atoms with Crippen LogP contribution in [0.2, 0.25) is 5.02 Å². The van der Waals surface area contributed by atoms with Gasteiger partial charge in [0, 0.05) is 5.75 Å². The first-order chi connectivity index (χ1) is 11.8. The van der Waals surface area contributed by atoms with Gasteiger partial charge in [-0.2, -0.15) is 4.68 Å². The summed E-state index contributed by atoms with van der Waals surface area (Å²) in [6.45, 7) is 0.504. The fourth-order valence-electron chi connectivity index (χ4n) is 2.00. The fourth-order valence-corrected chi connectivity index (χ4v) is 2.90. The molecular weight excluding hydrogens is 348 g/mol. The van der Waals surface area contributed by atoms with E-state index in [1.54, 1.807) is 17.9 Å². The number of para-hydroxylation sites is 1. The lowest BCUT2D eigenvalue weighted by atomic mass is 10.3. The van der Waals surface area contributed by atoms with Crippen LogP contribution in [0.15, 0.2) is 53.7 Å². The summed E-state index contributed by atoms with van der Waals surface area (Å²) in [7, 11) is 1.63. The largest absolute Gasteiger partial charge is 0.497 e. The molecule has 1 aromatic heterocycles. The molecule has 0 atom stereocenters. The van der Waals surface area contributed by atoms with Crippen molar-refractivity contribution in [2.24, 2.45) is 0 Å². The van der Waals surface area contributed by atoms with E-state index < -0.39 is 0 Å². The zero-order valence-electron chi connectivity index (χ0n) is 12.9. The van der Waals surface area contributed by atoms with Crippen molar-refractivity contribution in [1.82, 2.24) is 20.2 Å². The Kier molecular flexibility index (Phi) is 5.55. The molecule has 0 saturated carbocycles. The van der Waals surface area contributed by atoms with Crippen molar-refractivity contribution in [2.45, 2.75) is 5.16 Å². The number of thioether (sulfide) groups is 1. The summed E-state index contributed by atoms with van der Waals surface area (Å²) in [4.78, 5) is 0. The van der Waals surface area contributed by atoms with Gasteiger partial charge in [-0.05, 0) is 46.8 Å². The van der Waals surface area contributed by atoms with Gasteiger partial charge in [0.15, 0.2) is 0 Å². The first-order valence-corrected chi connectivity index (χ1v) is 8.57. The zero-order valence-corrected chi connectivity index (χ0v) is 14.5. The molecule has 0 unspecified atom stereocenters. The number of ether oxygens (including phenoxy) is 2. The Morgan fingerprint density at radius 1 is 1.12 bits per heavy atom. The molecule has 0 aliphatic heterocycles. The van der Waals surface area contributed by atoms with E-state index >= 15 is 0 Å². The van der Waals surface area contributed by atoms with Crippen molar-refractivity contribution in [3.05, 3.63) is 53.6 Å². The second kappa shape index (κ2) is 8.03. The lowest BCUT2D eigenvalue weighted by Gasteiger charge is -2.08. The fraction of sp³-hybridized carbons (Fsp3) is 0.188. The maximum absolute atomic E-state index is 6.05. The van der Waals surface area contributed by atoms with Gasteiger partial charge >= 0.3 is 0 Å². The monoisotopic (exact) mass is 362 g/mol. The third kappa shape index (κ3) is 3.98. The molecule has 0 aliphatic rings. The lowest BCUT2D eigenvalue weighted by molar-refractivity contribution is 0.344. The number of methoxy groups -OCH3 is 1. The Bertz CT molecular complexity index is 795. The van der Waals surface area contributed by atoms with Crippen molar-refractivity contribution in [2.75, 3.05) is 19.5 Å². The summed E-state index contributed by atoms with van der Waals surface area (Å²) in [6, 6.07) is 14.9. The lowest BCUT2D eigenvalue weighted by Crippen LogP contribution is -2.03. The molecule has 3 aromatic rings. The van der Waals surface area contributed by atoms with E-state index in [9.17, 15) is 0 Å². The highest BCUT2D eigenvalue weighted by Crippen LogP contribution is 2.24. The Morgan fingerprint density at radius 2 is 1.92 bits per heavy atom. The number of rotatable bonds is 7. The average molecular weight is 363 g/mol. The number of nitrogens with zero attached hydrogens (tertiary/aromatic N) is 4. The van der Waals surface area contributed by atoms with E-state index in [1.165, 1.54) is 11.8 Å². The molecule has 1 heterocycles. The topological polar surface area (TPSA) is 62.1 Å². The minimum Gasteiger partial charge on any atom is -0.497 e. The summed E-state index contributed by atoms with van der Waals surface area (Å²) < 4.78 is 12.5. The predicted molar refractivity (Wildman–Crippen MR) is 93.4 cm³/mol. The van der Waals surface area contributed by atoms with E-state index in [0.29, 0.717) is 28.3 Å². The van der Waals surface area contributed by atoms with Gasteiger partial charge in [-0.25, -0.2) is 0 Å². The van der Waals surface area contributed by atoms with E-state index in [4.69, 9.17) is 21.1 Å². The van der Waals surface area contributed by atoms with Crippen LogP contribution in [-0.4, -0.2) is 39.7 Å². The molecule has 0 saturated heterocycles. The van der Waals surface area contributed by atoms with Crippen LogP contribution in [-0.2, 0) is 0 Å². The van der Waals surface area contributed by atoms with Crippen LogP contribution in [0.25, 0.3) is 5.69 Å². The second-order valence-electron chi connectivity index (χ2n) is 4.70. The van der Waals surface area contributed by atoms with Gasteiger partial charge < -0.3 is 9.47 Å². The molecule has 0 radical (unpaired) electrons. The summed E-state index contributed by atoms with van der Waals surface area (Å²) in [6.07, 6.45) is 0. The SMILES string of the molecule is COc1ccc(-n2nnnc2SCCOc2ccccc2Cl)cc1. The summed E-state index contributed by atoms with van der Waals surface area (Å²) >= 11 is 7.57. The molecule has 124 valence electrons. The summed E-state index contributed by atoms with van der Waals surface area (Å²) in [5.74, 6) is 2.16. The molecule has 0 aliphatic carbocycles. The highest BCUT2D eigenvalue weighted by atomic mass is 35.5. The molecule has 0 spiro atoms. The number of tetrazole rings is 1. The number of halogens is 1. The van der Waals surface area contributed by atoms with Crippen molar-refractivity contribution in [1.29, 1.82) is 0 Å². The van der Waals surface area contributed by atoms with Crippen molar-refractivity contribution in [3.8, 4) is 17.2 Å². The van der Waals surface area contributed by atoms with Crippen LogP contribution in [0.5, 0.6) is 11.5 Å². The number of hydrogen-bond acceptors (Lipinski definition) is 6. The molecule has 6 nitrogen and oxygen atoms in total. The highest BCUT2D eigenvalue weighted by molar-refractivity contribution is 7.99. The van der Waals surface area contributed by atoms with Gasteiger partial charge in [-0.3, -0.25) is 0 Å². The molecule has 3 rings (SSSR count). The maximum atomic E-state index is 6.05. The van der Waals surface area contributed by atoms with Gasteiger partial charge in [0.05, 0.1) is 24.4 Å². The minimum absolute atomic E-state index is 0.504. The van der Waals surface area contributed by atoms with E-state index in [1.807, 2.05) is 42.5 Å². The van der Waals surface area contributed by atoms with Crippen LogP contribution in [0.3, 0.4) is 0 Å². The normalized spacial score (nSPS) is 10.6. The van der Waals surface area contributed by atoms with Crippen LogP contribution in [0, 0.1) is 0 Å². The number of hydrogen-bond donors (Lipinski definition) is 0. The Balaban J connectivity index is 1.58. The molecular formula is C16H15ClN4O2S. The third-order valence-electron chi connectivity index (χ3n) is 3.17. The molecule has 8 heteroatoms. The van der Waals surface area contributed by atoms with E-state index in [0.717, 1.165) is 11.4 Å². The Hall–Kier alpha value is -2.25. The van der Waals surface area contributed by atoms with Crippen LogP contribution < -0.4 is 9.47 Å². The standard InChI is InChI=1S/C16H15ClN4O2S/c1-22-13-8-6-12(7-9-13)21-16(18-19-20-21)24-11-10-23-15-5-3-2-4-14(15)17/h2-9H,10-11H2,1H3. The smallest absolute Gasteiger partial charge is 0.214 e. The molecule has 0 amide bonds. The van der Waals surface area contributed by atoms with Crippen LogP contribution in [0.1, 0.15) is 0 Å². The van der Waals surface area contributed by atoms with Gasteiger partial charge in [0.1, 0.15) is 11.5 Å². The quantitative estimate of drug-likeness (QED) is 0.473. The maximum Gasteiger partial charge on any atom is 0.214 e. The Labute approximate surface area is 148 Å². The van der Waals surface area contributed by atoms with Gasteiger partial charge in [0.2, 0.25) is 5.16 Å². The molecule has 0 bridgehead atoms. The average Bonchev–Trinajstić information content (AvgIpc) is 3.09. The second-order valence-corrected chi connectivity index (χ2v) is 6.17. The van der Waals surface area contributed by atoms with Gasteiger partial charge in [-0.15, -0.1) is 5.10 Å². The number of benzene rings is 2. The third-order valence-corrected chi connectivity index (χ3v) is 4.36. The first kappa shape index (κ1) is 16.6. The Morgan fingerprint density at radius 3 is 2.67 bits per heavy atom. The number of aromatic nitrogens is 4. The van der Waals surface area contributed by atoms with Gasteiger partial charge in [-0.1, -0.05) is 35.5 Å². The van der Waals surface area contributed by atoms with E-state index in [-0.39, 0.29) is 0 Å².